The Hall–Kier alpha value is -3.75. The molecule has 0 spiro atoms. The van der Waals surface area contributed by atoms with Gasteiger partial charge in [-0.3, -0.25) is 4.79 Å². The van der Waals surface area contributed by atoms with Crippen molar-refractivity contribution in [3.8, 4) is 11.5 Å². The van der Waals surface area contributed by atoms with Crippen LogP contribution < -0.4 is 9.47 Å². The summed E-state index contributed by atoms with van der Waals surface area (Å²) in [5.74, 6) is -34.9. The van der Waals surface area contributed by atoms with Gasteiger partial charge in [-0.05, 0) is 24.1 Å². The Morgan fingerprint density at radius 1 is 0.550 bits per heavy atom. The van der Waals surface area contributed by atoms with Crippen LogP contribution in [0.2, 0.25) is 0 Å². The molecule has 1 rings (SSSR count). The molecule has 0 aliphatic carbocycles. The number of hydrogen-bond donors (Lipinski definition) is 0. The number of carbonyl (C=O) groups is 4. The minimum Gasteiger partial charge on any atom is -0.418 e. The summed E-state index contributed by atoms with van der Waals surface area (Å²) >= 11 is 0. The van der Waals surface area contributed by atoms with E-state index in [4.69, 9.17) is 0 Å². The molecule has 0 aromatic heterocycles. The number of esters is 4. The maximum Gasteiger partial charge on any atom is 0.465 e. The van der Waals surface area contributed by atoms with Crippen LogP contribution in [0, 0.1) is 0 Å². The Bertz CT molecular complexity index is 1150. The zero-order valence-electron chi connectivity index (χ0n) is 18.2. The molecule has 40 heavy (non-hydrogen) atoms. The second-order valence-electron chi connectivity index (χ2n) is 7.04. The first-order chi connectivity index (χ1) is 17.7. The van der Waals surface area contributed by atoms with Crippen LogP contribution in [0.3, 0.4) is 0 Å². The Kier molecular flexibility index (Phi) is 9.45. The Morgan fingerprint density at radius 2 is 0.925 bits per heavy atom. The molecule has 0 saturated carbocycles. The van der Waals surface area contributed by atoms with Gasteiger partial charge < -0.3 is 14.2 Å². The van der Waals surface area contributed by atoms with E-state index in [0.717, 1.165) is 0 Å². The van der Waals surface area contributed by atoms with Crippen LogP contribution in [0.25, 0.3) is 0 Å². The molecule has 22 heteroatoms. The van der Waals surface area contributed by atoms with E-state index in [1.807, 2.05) is 0 Å². The van der Waals surface area contributed by atoms with E-state index in [2.05, 4.69) is 14.2 Å². The van der Waals surface area contributed by atoms with Crippen molar-refractivity contribution < 1.29 is 99.2 Å². The van der Waals surface area contributed by atoms with E-state index >= 15 is 0 Å². The summed E-state index contributed by atoms with van der Waals surface area (Å²) in [7, 11) is 0. The maximum absolute atomic E-state index is 13.2. The fourth-order valence-electron chi connectivity index (χ4n) is 2.01. The summed E-state index contributed by atoms with van der Waals surface area (Å²) in [5.41, 5.74) is -0.688. The minimum atomic E-state index is -6.64. The van der Waals surface area contributed by atoms with E-state index in [1.54, 1.807) is 0 Å². The SMILES string of the molecule is O=C(CCc1ccc(OC(=O)C(F)(F)C(F)(F)F)c(OC(=O)C(F)(F)C(F)(F)F)c1)OC(=O)C(F)(F)C(F)(F)F. The smallest absolute Gasteiger partial charge is 0.418 e. The predicted molar refractivity (Wildman–Crippen MR) is 90.1 cm³/mol. The van der Waals surface area contributed by atoms with Crippen LogP contribution in [-0.2, 0) is 30.3 Å². The molecule has 0 aliphatic heterocycles. The van der Waals surface area contributed by atoms with Crippen molar-refractivity contribution in [3.05, 3.63) is 23.8 Å². The van der Waals surface area contributed by atoms with Gasteiger partial charge in [0.2, 0.25) is 0 Å². The molecule has 0 aliphatic rings. The zero-order chi connectivity index (χ0) is 31.7. The second-order valence-corrected chi connectivity index (χ2v) is 7.04. The van der Waals surface area contributed by atoms with E-state index in [-0.39, 0.29) is 12.1 Å². The van der Waals surface area contributed by atoms with Crippen molar-refractivity contribution >= 4 is 23.9 Å². The van der Waals surface area contributed by atoms with Gasteiger partial charge in [-0.2, -0.15) is 65.9 Å². The number of alkyl halides is 15. The molecule has 7 nitrogen and oxygen atoms in total. The molecule has 0 bridgehead atoms. The molecule has 0 heterocycles. The molecule has 1 aromatic rings. The van der Waals surface area contributed by atoms with Gasteiger partial charge >= 0.3 is 60.2 Å². The van der Waals surface area contributed by atoms with Gasteiger partial charge in [-0.15, -0.1) is 0 Å². The lowest BCUT2D eigenvalue weighted by Crippen LogP contribution is -2.47. The van der Waals surface area contributed by atoms with Crippen LogP contribution in [-0.4, -0.2) is 60.2 Å². The number of carbonyl (C=O) groups excluding carboxylic acids is 4. The van der Waals surface area contributed by atoms with Gasteiger partial charge in [0.15, 0.2) is 11.5 Å². The summed E-state index contributed by atoms with van der Waals surface area (Å²) in [5, 5.41) is 0. The highest BCUT2D eigenvalue weighted by molar-refractivity contribution is 5.90. The standard InChI is InChI=1S/C18H7F15O7/c19-13(20,16(25,26)27)10(35)38-7-3-1-6(5-8(7)39-11(36)14(21,22)17(28,29)30)2-4-9(34)40-12(37)15(23,24)18(31,32)33/h1,3,5H,2,4H2. The number of rotatable bonds is 8. The van der Waals surface area contributed by atoms with E-state index in [9.17, 15) is 85.0 Å². The average Bonchev–Trinajstić information content (AvgIpc) is 2.76. The average molecular weight is 620 g/mol. The maximum atomic E-state index is 13.2. The summed E-state index contributed by atoms with van der Waals surface area (Å²) in [6.45, 7) is 0. The molecule has 0 amide bonds. The molecule has 0 fully saturated rings. The normalized spacial score (nSPS) is 13.5. The molecule has 1 aromatic carbocycles. The van der Waals surface area contributed by atoms with Crippen molar-refractivity contribution in [1.82, 2.24) is 0 Å². The van der Waals surface area contributed by atoms with Gasteiger partial charge in [-0.25, -0.2) is 14.4 Å². The number of halogens is 15. The van der Waals surface area contributed by atoms with Gasteiger partial charge in [0.25, 0.3) is 0 Å². The van der Waals surface area contributed by atoms with Crippen LogP contribution in [0.4, 0.5) is 65.9 Å². The van der Waals surface area contributed by atoms with Gasteiger partial charge in [0.1, 0.15) is 0 Å². The summed E-state index contributed by atoms with van der Waals surface area (Å²) in [6, 6.07) is 0.549. The van der Waals surface area contributed by atoms with Crippen molar-refractivity contribution in [2.45, 2.75) is 49.1 Å². The quantitative estimate of drug-likeness (QED) is 0.173. The Labute approximate surface area is 208 Å². The highest BCUT2D eigenvalue weighted by atomic mass is 19.4. The topological polar surface area (TPSA) is 96.0 Å². The third-order valence-corrected chi connectivity index (χ3v) is 4.07. The van der Waals surface area contributed by atoms with Crippen LogP contribution >= 0.6 is 0 Å². The van der Waals surface area contributed by atoms with Crippen molar-refractivity contribution in [3.63, 3.8) is 0 Å². The molecule has 0 N–H and O–H groups in total. The van der Waals surface area contributed by atoms with Crippen molar-refractivity contribution in [1.29, 1.82) is 0 Å². The third kappa shape index (κ3) is 7.46. The lowest BCUT2D eigenvalue weighted by atomic mass is 10.1. The van der Waals surface area contributed by atoms with Crippen LogP contribution in [0.15, 0.2) is 18.2 Å². The number of ether oxygens (including phenoxy) is 3. The molecule has 226 valence electrons. The fraction of sp³-hybridized carbons (Fsp3) is 0.444. The largest absolute Gasteiger partial charge is 0.465 e. The molecule has 0 saturated heterocycles. The molecule has 0 unspecified atom stereocenters. The van der Waals surface area contributed by atoms with Gasteiger partial charge in [0.05, 0.1) is 6.42 Å². The first-order valence-electron chi connectivity index (χ1n) is 9.32. The highest BCUT2D eigenvalue weighted by Crippen LogP contribution is 2.41. The van der Waals surface area contributed by atoms with E-state index in [1.165, 1.54) is 0 Å². The van der Waals surface area contributed by atoms with E-state index in [0.29, 0.717) is 6.07 Å². The van der Waals surface area contributed by atoms with Crippen LogP contribution in [0.5, 0.6) is 11.5 Å². The van der Waals surface area contributed by atoms with Crippen molar-refractivity contribution in [2.75, 3.05) is 0 Å². The first-order valence-corrected chi connectivity index (χ1v) is 9.32. The number of hydrogen-bond acceptors (Lipinski definition) is 7. The third-order valence-electron chi connectivity index (χ3n) is 4.07. The molecular weight excluding hydrogens is 613 g/mol. The van der Waals surface area contributed by atoms with Crippen LogP contribution in [0.1, 0.15) is 12.0 Å². The number of benzene rings is 1. The summed E-state index contributed by atoms with van der Waals surface area (Å²) in [4.78, 5) is 44.8. The lowest BCUT2D eigenvalue weighted by Gasteiger charge is -2.20. The minimum absolute atomic E-state index is 0.0398. The second kappa shape index (κ2) is 11.0. The number of aryl methyl sites for hydroxylation is 1. The van der Waals surface area contributed by atoms with Gasteiger partial charge in [-0.1, -0.05) is 6.07 Å². The molecule has 0 atom stereocenters. The van der Waals surface area contributed by atoms with Crippen molar-refractivity contribution in [2.24, 2.45) is 0 Å². The molecule has 0 radical (unpaired) electrons. The van der Waals surface area contributed by atoms with Gasteiger partial charge in [0, 0.05) is 0 Å². The Morgan fingerprint density at radius 3 is 1.32 bits per heavy atom. The first kappa shape index (κ1) is 34.3. The summed E-state index contributed by atoms with van der Waals surface area (Å²) < 4.78 is 199. The highest BCUT2D eigenvalue weighted by Gasteiger charge is 2.67. The van der Waals surface area contributed by atoms with E-state index < -0.39 is 90.1 Å². The Balaban J connectivity index is 3.28. The fourth-order valence-corrected chi connectivity index (χ4v) is 2.01. The summed E-state index contributed by atoms with van der Waals surface area (Å²) in [6.07, 6.45) is -22.1. The molecular formula is C18H7F15O7. The monoisotopic (exact) mass is 620 g/mol. The predicted octanol–water partition coefficient (Wildman–Crippen LogP) is 5.09. The lowest BCUT2D eigenvalue weighted by molar-refractivity contribution is -0.279. The zero-order valence-corrected chi connectivity index (χ0v) is 18.2.